The topological polar surface area (TPSA) is 87.2 Å². The molecule has 1 aromatic rings. The third kappa shape index (κ3) is 6.46. The van der Waals surface area contributed by atoms with Gasteiger partial charge < -0.3 is 4.74 Å². The average molecular weight is 618 g/mol. The molecule has 1 atom stereocenters. The van der Waals surface area contributed by atoms with Crippen LogP contribution in [0.3, 0.4) is 0 Å². The molecule has 1 saturated carbocycles. The van der Waals surface area contributed by atoms with Crippen LogP contribution in [0.1, 0.15) is 75.3 Å². The monoisotopic (exact) mass is 617 g/mol. The van der Waals surface area contributed by atoms with Crippen molar-refractivity contribution >= 4 is 20.0 Å². The van der Waals surface area contributed by atoms with E-state index in [9.17, 15) is 25.6 Å². The first-order valence-electron chi connectivity index (χ1n) is 15.0. The smallest absolute Gasteiger partial charge is 0.272 e. The van der Waals surface area contributed by atoms with E-state index in [0.29, 0.717) is 54.2 Å². The molecular formula is C29H45F2N3O5S2. The Bertz CT molecular complexity index is 1290. The minimum Gasteiger partial charge on any atom is -0.497 e. The lowest BCUT2D eigenvalue weighted by Crippen LogP contribution is -2.61. The third-order valence-electron chi connectivity index (χ3n) is 10.1. The van der Waals surface area contributed by atoms with Crippen LogP contribution in [0.5, 0.6) is 5.75 Å². The van der Waals surface area contributed by atoms with E-state index in [1.54, 1.807) is 41.7 Å². The van der Waals surface area contributed by atoms with E-state index in [-0.39, 0.29) is 36.3 Å². The number of rotatable bonds is 9. The number of methoxy groups -OCH3 is 1. The highest BCUT2D eigenvalue weighted by atomic mass is 32.2. The molecular weight excluding hydrogens is 572 g/mol. The van der Waals surface area contributed by atoms with E-state index in [1.165, 1.54) is 0 Å². The molecule has 3 saturated heterocycles. The van der Waals surface area contributed by atoms with Crippen molar-refractivity contribution in [2.45, 2.75) is 101 Å². The largest absolute Gasteiger partial charge is 0.497 e. The molecule has 4 fully saturated rings. The number of hydrogen-bond acceptors (Lipinski definition) is 6. The second kappa shape index (κ2) is 11.6. The molecule has 3 aliphatic heterocycles. The SMILES string of the molecule is COc1cc(C)c(S(=O)(=O)N2CCC[C@@H]2CCCS(=O)(=O)N2CCC3(CCC(N4CC(F)(F)C4)CC3)CC2)c(C)c1. The number of benzene rings is 1. The van der Waals surface area contributed by atoms with E-state index >= 15 is 0 Å². The molecule has 4 aliphatic rings. The molecule has 0 amide bonds. The first-order chi connectivity index (χ1) is 19.3. The number of ether oxygens (including phenoxy) is 1. The van der Waals surface area contributed by atoms with Crippen molar-refractivity contribution in [1.82, 2.24) is 13.5 Å². The maximum atomic E-state index is 13.7. The highest BCUT2D eigenvalue weighted by Gasteiger charge is 2.49. The predicted molar refractivity (Wildman–Crippen MR) is 154 cm³/mol. The third-order valence-corrected chi connectivity index (χ3v) is 14.3. The first kappa shape index (κ1) is 31.1. The van der Waals surface area contributed by atoms with Crippen LogP contribution in [0.4, 0.5) is 8.78 Å². The zero-order valence-electron chi connectivity index (χ0n) is 24.6. The van der Waals surface area contributed by atoms with Crippen LogP contribution in [0, 0.1) is 19.3 Å². The van der Waals surface area contributed by atoms with Crippen molar-refractivity contribution in [2.24, 2.45) is 5.41 Å². The molecule has 0 bridgehead atoms. The Morgan fingerprint density at radius 3 is 2.10 bits per heavy atom. The van der Waals surface area contributed by atoms with Gasteiger partial charge in [0.05, 0.1) is 30.8 Å². The molecule has 0 aromatic heterocycles. The molecule has 1 spiro atoms. The molecule has 1 aromatic carbocycles. The van der Waals surface area contributed by atoms with Crippen LogP contribution in [0.2, 0.25) is 0 Å². The standard InChI is InChI=1S/C29H45F2N3O5S2/c1-22-18-26(39-3)19-23(2)27(22)41(37,38)34-14-4-6-25(34)7-5-17-40(35,36)33-15-12-28(13-16-33)10-8-24(9-11-28)32-20-29(30,31)21-32/h18-19,24-25H,4-17,20-21H2,1-3H3/t25-/m1/s1. The lowest BCUT2D eigenvalue weighted by molar-refractivity contribution is -0.153. The average Bonchev–Trinajstić information content (AvgIpc) is 3.37. The molecule has 5 rings (SSSR count). The summed E-state index contributed by atoms with van der Waals surface area (Å²) in [5.41, 5.74) is 1.42. The molecule has 3 heterocycles. The normalized spacial score (nSPS) is 26.3. The lowest BCUT2D eigenvalue weighted by atomic mass is 9.67. The van der Waals surface area contributed by atoms with Gasteiger partial charge in [-0.25, -0.2) is 29.9 Å². The van der Waals surface area contributed by atoms with E-state index in [0.717, 1.165) is 51.4 Å². The van der Waals surface area contributed by atoms with E-state index < -0.39 is 26.0 Å². The van der Waals surface area contributed by atoms with Crippen LogP contribution in [-0.4, -0.2) is 93.9 Å². The molecule has 12 heteroatoms. The molecule has 1 aliphatic carbocycles. The Balaban J connectivity index is 1.11. The molecule has 0 unspecified atom stereocenters. The summed E-state index contributed by atoms with van der Waals surface area (Å²) in [5, 5.41) is 0. The van der Waals surface area contributed by atoms with Gasteiger partial charge in [-0.15, -0.1) is 0 Å². The highest BCUT2D eigenvalue weighted by Crippen LogP contribution is 2.47. The molecule has 232 valence electrons. The quantitative estimate of drug-likeness (QED) is 0.404. The van der Waals surface area contributed by atoms with Crippen LogP contribution in [-0.2, 0) is 20.0 Å². The Morgan fingerprint density at radius 1 is 0.927 bits per heavy atom. The van der Waals surface area contributed by atoms with Gasteiger partial charge in [0.25, 0.3) is 5.92 Å². The van der Waals surface area contributed by atoms with Crippen molar-refractivity contribution in [3.8, 4) is 5.75 Å². The second-order valence-electron chi connectivity index (χ2n) is 12.9. The number of piperidine rings is 1. The van der Waals surface area contributed by atoms with Crippen molar-refractivity contribution in [3.05, 3.63) is 23.3 Å². The first-order valence-corrected chi connectivity index (χ1v) is 18.1. The minimum atomic E-state index is -3.71. The summed E-state index contributed by atoms with van der Waals surface area (Å²) < 4.78 is 88.8. The number of likely N-dealkylation sites (tertiary alicyclic amines) is 1. The fourth-order valence-electron chi connectivity index (χ4n) is 7.72. The van der Waals surface area contributed by atoms with Crippen LogP contribution < -0.4 is 4.74 Å². The zero-order chi connectivity index (χ0) is 29.6. The fraction of sp³-hybridized carbons (Fsp3) is 0.793. The zero-order valence-corrected chi connectivity index (χ0v) is 26.2. The number of sulfonamides is 2. The van der Waals surface area contributed by atoms with Gasteiger partial charge in [-0.05, 0) is 107 Å². The number of hydrogen-bond donors (Lipinski definition) is 0. The van der Waals surface area contributed by atoms with Gasteiger partial charge in [0.1, 0.15) is 5.75 Å². The van der Waals surface area contributed by atoms with Crippen molar-refractivity contribution in [3.63, 3.8) is 0 Å². The van der Waals surface area contributed by atoms with Gasteiger partial charge in [-0.2, -0.15) is 4.31 Å². The Hall–Kier alpha value is -1.34. The van der Waals surface area contributed by atoms with Crippen LogP contribution in [0.25, 0.3) is 0 Å². The van der Waals surface area contributed by atoms with Gasteiger partial charge >= 0.3 is 0 Å². The Kier molecular flexibility index (Phi) is 8.82. The second-order valence-corrected chi connectivity index (χ2v) is 16.8. The van der Waals surface area contributed by atoms with Crippen molar-refractivity contribution < 1.29 is 30.4 Å². The highest BCUT2D eigenvalue weighted by molar-refractivity contribution is 7.89. The summed E-state index contributed by atoms with van der Waals surface area (Å²) in [7, 11) is -5.58. The fourth-order valence-corrected chi connectivity index (χ4v) is 11.4. The summed E-state index contributed by atoms with van der Waals surface area (Å²) in [4.78, 5) is 2.22. The van der Waals surface area contributed by atoms with Gasteiger partial charge in [0.15, 0.2) is 0 Å². The minimum absolute atomic E-state index is 0.0240. The molecule has 8 nitrogen and oxygen atoms in total. The predicted octanol–water partition coefficient (Wildman–Crippen LogP) is 4.55. The molecule has 0 N–H and O–H groups in total. The molecule has 0 radical (unpaired) electrons. The van der Waals surface area contributed by atoms with Crippen molar-refractivity contribution in [2.75, 3.05) is 45.6 Å². The van der Waals surface area contributed by atoms with E-state index in [1.807, 2.05) is 4.90 Å². The van der Waals surface area contributed by atoms with Gasteiger partial charge in [-0.1, -0.05) is 0 Å². The lowest BCUT2D eigenvalue weighted by Gasteiger charge is -2.50. The summed E-state index contributed by atoms with van der Waals surface area (Å²) in [6.45, 7) is 4.78. The summed E-state index contributed by atoms with van der Waals surface area (Å²) in [6.07, 6.45) is 7.87. The Labute approximate surface area is 244 Å². The number of aryl methyl sites for hydroxylation is 2. The van der Waals surface area contributed by atoms with E-state index in [4.69, 9.17) is 4.74 Å². The number of halogens is 2. The maximum Gasteiger partial charge on any atom is 0.272 e. The van der Waals surface area contributed by atoms with Gasteiger partial charge in [-0.3, -0.25) is 4.90 Å². The van der Waals surface area contributed by atoms with Gasteiger partial charge in [0, 0.05) is 31.7 Å². The van der Waals surface area contributed by atoms with Crippen LogP contribution in [0.15, 0.2) is 17.0 Å². The molecule has 41 heavy (non-hydrogen) atoms. The van der Waals surface area contributed by atoms with E-state index in [2.05, 4.69) is 0 Å². The summed E-state index contributed by atoms with van der Waals surface area (Å²) >= 11 is 0. The van der Waals surface area contributed by atoms with Crippen LogP contribution >= 0.6 is 0 Å². The Morgan fingerprint density at radius 2 is 1.54 bits per heavy atom. The number of nitrogens with zero attached hydrogens (tertiary/aromatic N) is 3. The number of alkyl halides is 2. The van der Waals surface area contributed by atoms with Crippen molar-refractivity contribution in [1.29, 1.82) is 0 Å². The maximum absolute atomic E-state index is 13.7. The van der Waals surface area contributed by atoms with Gasteiger partial charge in [0.2, 0.25) is 20.0 Å². The summed E-state index contributed by atoms with van der Waals surface area (Å²) in [5.74, 6) is -1.89. The summed E-state index contributed by atoms with van der Waals surface area (Å²) in [6, 6.07) is 3.50.